The fourth-order valence-electron chi connectivity index (χ4n) is 2.10. The second kappa shape index (κ2) is 6.35. The highest BCUT2D eigenvalue weighted by atomic mass is 14.9. The Hall–Kier alpha value is -1.26. The quantitative estimate of drug-likeness (QED) is 0.759. The minimum absolute atomic E-state index is 0.360. The summed E-state index contributed by atoms with van der Waals surface area (Å²) in [7, 11) is 0. The van der Waals surface area contributed by atoms with Gasteiger partial charge in [0.25, 0.3) is 0 Å². The Morgan fingerprint density at radius 3 is 2.38 bits per heavy atom. The van der Waals surface area contributed by atoms with E-state index in [4.69, 9.17) is 0 Å². The van der Waals surface area contributed by atoms with Crippen molar-refractivity contribution in [2.75, 3.05) is 6.54 Å². The van der Waals surface area contributed by atoms with E-state index in [1.54, 1.807) is 0 Å². The zero-order chi connectivity index (χ0) is 12.0. The van der Waals surface area contributed by atoms with Gasteiger partial charge in [-0.25, -0.2) is 0 Å². The topological polar surface area (TPSA) is 12.0 Å². The SMILES string of the molecule is CC#CCC(NCC)c1c(C)cccc1C. The lowest BCUT2D eigenvalue weighted by atomic mass is 9.94. The predicted octanol–water partition coefficient (Wildman–Crippen LogP) is 3.37. The van der Waals surface area contributed by atoms with Gasteiger partial charge < -0.3 is 5.32 Å². The lowest BCUT2D eigenvalue weighted by molar-refractivity contribution is 0.560. The Labute approximate surface area is 99.3 Å². The largest absolute Gasteiger partial charge is 0.309 e. The van der Waals surface area contributed by atoms with Crippen LogP contribution < -0.4 is 5.32 Å². The standard InChI is InChI=1S/C15H21N/c1-5-7-11-14(16-6-2)15-12(3)9-8-10-13(15)4/h8-10,14,16H,6,11H2,1-4H3. The van der Waals surface area contributed by atoms with Crippen molar-refractivity contribution in [3.8, 4) is 11.8 Å². The Balaban J connectivity index is 3.02. The molecular weight excluding hydrogens is 194 g/mol. The second-order valence-corrected chi connectivity index (χ2v) is 4.05. The average Bonchev–Trinajstić information content (AvgIpc) is 2.25. The normalized spacial score (nSPS) is 11.8. The number of nitrogens with one attached hydrogen (secondary N) is 1. The minimum Gasteiger partial charge on any atom is -0.309 e. The highest BCUT2D eigenvalue weighted by molar-refractivity contribution is 5.36. The molecule has 0 aliphatic carbocycles. The van der Waals surface area contributed by atoms with E-state index in [-0.39, 0.29) is 0 Å². The van der Waals surface area contributed by atoms with Crippen LogP contribution in [-0.2, 0) is 0 Å². The molecule has 1 heteroatoms. The molecule has 0 amide bonds. The molecule has 0 aliphatic heterocycles. The van der Waals surface area contributed by atoms with Crippen LogP contribution in [0.5, 0.6) is 0 Å². The monoisotopic (exact) mass is 215 g/mol. The van der Waals surface area contributed by atoms with E-state index in [2.05, 4.69) is 56.1 Å². The molecule has 1 atom stereocenters. The molecule has 1 N–H and O–H groups in total. The lowest BCUT2D eigenvalue weighted by Crippen LogP contribution is -2.22. The molecular formula is C15H21N. The van der Waals surface area contributed by atoms with Gasteiger partial charge in [0, 0.05) is 12.5 Å². The third-order valence-corrected chi connectivity index (χ3v) is 2.82. The highest BCUT2D eigenvalue weighted by Gasteiger charge is 2.13. The lowest BCUT2D eigenvalue weighted by Gasteiger charge is -2.20. The molecule has 1 aromatic carbocycles. The Morgan fingerprint density at radius 1 is 1.25 bits per heavy atom. The van der Waals surface area contributed by atoms with E-state index >= 15 is 0 Å². The van der Waals surface area contributed by atoms with E-state index in [9.17, 15) is 0 Å². The molecule has 1 nitrogen and oxygen atoms in total. The summed E-state index contributed by atoms with van der Waals surface area (Å²) in [6.07, 6.45) is 0.885. The van der Waals surface area contributed by atoms with Gasteiger partial charge in [-0.2, -0.15) is 0 Å². The van der Waals surface area contributed by atoms with Gasteiger partial charge in [-0.3, -0.25) is 0 Å². The summed E-state index contributed by atoms with van der Waals surface area (Å²) in [5.74, 6) is 6.15. The molecule has 0 saturated heterocycles. The van der Waals surface area contributed by atoms with E-state index in [1.807, 2.05) is 6.92 Å². The van der Waals surface area contributed by atoms with Gasteiger partial charge >= 0.3 is 0 Å². The summed E-state index contributed by atoms with van der Waals surface area (Å²) in [4.78, 5) is 0. The van der Waals surface area contributed by atoms with Crippen LogP contribution in [0.1, 0.15) is 43.0 Å². The molecule has 1 unspecified atom stereocenters. The molecule has 16 heavy (non-hydrogen) atoms. The van der Waals surface area contributed by atoms with Crippen LogP contribution in [0.2, 0.25) is 0 Å². The summed E-state index contributed by atoms with van der Waals surface area (Å²) in [5.41, 5.74) is 4.11. The van der Waals surface area contributed by atoms with Crippen molar-refractivity contribution >= 4 is 0 Å². The molecule has 86 valence electrons. The van der Waals surface area contributed by atoms with Gasteiger partial charge in [0.2, 0.25) is 0 Å². The Morgan fingerprint density at radius 2 is 1.88 bits per heavy atom. The van der Waals surface area contributed by atoms with E-state index < -0.39 is 0 Å². The summed E-state index contributed by atoms with van der Waals surface area (Å²) < 4.78 is 0. The molecule has 0 radical (unpaired) electrons. The summed E-state index contributed by atoms with van der Waals surface area (Å²) in [6, 6.07) is 6.82. The van der Waals surface area contributed by atoms with E-state index in [0.717, 1.165) is 13.0 Å². The van der Waals surface area contributed by atoms with Crippen LogP contribution in [0.15, 0.2) is 18.2 Å². The summed E-state index contributed by atoms with van der Waals surface area (Å²) >= 11 is 0. The second-order valence-electron chi connectivity index (χ2n) is 4.05. The van der Waals surface area contributed by atoms with Gasteiger partial charge in [0.1, 0.15) is 0 Å². The van der Waals surface area contributed by atoms with Crippen LogP contribution in [0, 0.1) is 25.7 Å². The van der Waals surface area contributed by atoms with Gasteiger partial charge in [-0.15, -0.1) is 11.8 Å². The zero-order valence-electron chi connectivity index (χ0n) is 10.7. The highest BCUT2D eigenvalue weighted by Crippen LogP contribution is 2.23. The number of hydrogen-bond acceptors (Lipinski definition) is 1. The molecule has 1 aromatic rings. The van der Waals surface area contributed by atoms with Crippen LogP contribution >= 0.6 is 0 Å². The fourth-order valence-corrected chi connectivity index (χ4v) is 2.10. The summed E-state index contributed by atoms with van der Waals surface area (Å²) in [5, 5.41) is 3.51. The predicted molar refractivity (Wildman–Crippen MR) is 70.4 cm³/mol. The molecule has 0 bridgehead atoms. The molecule has 0 heterocycles. The van der Waals surface area contributed by atoms with Crippen LogP contribution in [0.25, 0.3) is 0 Å². The Kier molecular flexibility index (Phi) is 5.08. The first kappa shape index (κ1) is 12.8. The molecule has 0 fully saturated rings. The maximum absolute atomic E-state index is 3.51. The molecule has 0 spiro atoms. The third kappa shape index (κ3) is 3.12. The van der Waals surface area contributed by atoms with Crippen molar-refractivity contribution in [3.63, 3.8) is 0 Å². The van der Waals surface area contributed by atoms with Crippen molar-refractivity contribution in [1.82, 2.24) is 5.32 Å². The first-order chi connectivity index (χ1) is 7.70. The number of hydrogen-bond donors (Lipinski definition) is 1. The first-order valence-electron chi connectivity index (χ1n) is 5.89. The number of rotatable bonds is 4. The maximum atomic E-state index is 3.51. The number of benzene rings is 1. The average molecular weight is 215 g/mol. The van der Waals surface area contributed by atoms with Crippen LogP contribution in [0.3, 0.4) is 0 Å². The molecule has 1 rings (SSSR count). The molecule has 0 aromatic heterocycles. The smallest absolute Gasteiger partial charge is 0.0436 e. The van der Waals surface area contributed by atoms with Crippen LogP contribution in [-0.4, -0.2) is 6.54 Å². The van der Waals surface area contributed by atoms with Crippen molar-refractivity contribution < 1.29 is 0 Å². The van der Waals surface area contributed by atoms with Crippen molar-refractivity contribution in [1.29, 1.82) is 0 Å². The van der Waals surface area contributed by atoms with Crippen LogP contribution in [0.4, 0.5) is 0 Å². The van der Waals surface area contributed by atoms with E-state index in [1.165, 1.54) is 16.7 Å². The third-order valence-electron chi connectivity index (χ3n) is 2.82. The fraction of sp³-hybridized carbons (Fsp3) is 0.467. The van der Waals surface area contributed by atoms with E-state index in [0.29, 0.717) is 6.04 Å². The van der Waals surface area contributed by atoms with Gasteiger partial charge in [-0.1, -0.05) is 25.1 Å². The van der Waals surface area contributed by atoms with Gasteiger partial charge in [-0.05, 0) is 44.0 Å². The van der Waals surface area contributed by atoms with Gasteiger partial charge in [0.15, 0.2) is 0 Å². The van der Waals surface area contributed by atoms with Crippen molar-refractivity contribution in [3.05, 3.63) is 34.9 Å². The Bertz CT molecular complexity index is 375. The number of aryl methyl sites for hydroxylation is 2. The minimum atomic E-state index is 0.360. The maximum Gasteiger partial charge on any atom is 0.0436 e. The first-order valence-corrected chi connectivity index (χ1v) is 5.89. The summed E-state index contributed by atoms with van der Waals surface area (Å²) in [6.45, 7) is 9.36. The van der Waals surface area contributed by atoms with Crippen molar-refractivity contribution in [2.45, 2.75) is 40.2 Å². The van der Waals surface area contributed by atoms with Gasteiger partial charge in [0.05, 0.1) is 0 Å². The zero-order valence-corrected chi connectivity index (χ0v) is 10.7. The molecule has 0 saturated carbocycles. The molecule has 0 aliphatic rings. The van der Waals surface area contributed by atoms with Crippen molar-refractivity contribution in [2.24, 2.45) is 0 Å².